The van der Waals surface area contributed by atoms with Crippen molar-refractivity contribution >= 4 is 5.97 Å². The van der Waals surface area contributed by atoms with Gasteiger partial charge in [-0.1, -0.05) is 6.07 Å². The predicted molar refractivity (Wildman–Crippen MR) is 62.4 cm³/mol. The topological polar surface area (TPSA) is 29.5 Å². The van der Waals surface area contributed by atoms with Crippen LogP contribution in [-0.4, -0.2) is 31.1 Å². The second kappa shape index (κ2) is 4.66. The van der Waals surface area contributed by atoms with E-state index in [-0.39, 0.29) is 5.97 Å². The van der Waals surface area contributed by atoms with E-state index in [1.807, 2.05) is 19.1 Å². The van der Waals surface area contributed by atoms with Crippen LogP contribution in [0.2, 0.25) is 0 Å². The summed E-state index contributed by atoms with van der Waals surface area (Å²) in [6.07, 6.45) is 1.06. The molecule has 0 fully saturated rings. The molecule has 0 saturated heterocycles. The monoisotopic (exact) mass is 219 g/mol. The summed E-state index contributed by atoms with van der Waals surface area (Å²) < 4.78 is 4.99. The van der Waals surface area contributed by atoms with Gasteiger partial charge in [-0.3, -0.25) is 0 Å². The fourth-order valence-electron chi connectivity index (χ4n) is 2.04. The molecular formula is C13H17NO2. The molecule has 0 atom stereocenters. The Hall–Kier alpha value is -1.35. The molecule has 0 saturated carbocycles. The Balaban J connectivity index is 2.24. The van der Waals surface area contributed by atoms with Crippen molar-refractivity contribution in [1.29, 1.82) is 0 Å². The van der Waals surface area contributed by atoms with Crippen molar-refractivity contribution in [2.45, 2.75) is 19.9 Å². The lowest BCUT2D eigenvalue weighted by atomic mass is 9.98. The number of fused-ring (bicyclic) bond motifs is 1. The van der Waals surface area contributed by atoms with Crippen LogP contribution in [0.25, 0.3) is 0 Å². The molecule has 0 radical (unpaired) electrons. The summed E-state index contributed by atoms with van der Waals surface area (Å²) in [6, 6.07) is 5.87. The lowest BCUT2D eigenvalue weighted by Crippen LogP contribution is -2.26. The summed E-state index contributed by atoms with van der Waals surface area (Å²) in [5.41, 5.74) is 3.27. The highest BCUT2D eigenvalue weighted by Gasteiger charge is 2.15. The van der Waals surface area contributed by atoms with Crippen LogP contribution in [-0.2, 0) is 17.7 Å². The lowest BCUT2D eigenvalue weighted by molar-refractivity contribution is 0.0526. The molecule has 0 N–H and O–H groups in total. The molecule has 86 valence electrons. The predicted octanol–water partition coefficient (Wildman–Crippen LogP) is 1.85. The molecular weight excluding hydrogens is 202 g/mol. The minimum atomic E-state index is -0.224. The van der Waals surface area contributed by atoms with E-state index in [4.69, 9.17) is 4.74 Å². The molecule has 0 amide bonds. The lowest BCUT2D eigenvalue weighted by Gasteiger charge is -2.25. The molecule has 3 heteroatoms. The Morgan fingerprint density at radius 2 is 2.25 bits per heavy atom. The number of ether oxygens (including phenoxy) is 1. The van der Waals surface area contributed by atoms with Crippen molar-refractivity contribution in [3.63, 3.8) is 0 Å². The minimum absolute atomic E-state index is 0.224. The maximum Gasteiger partial charge on any atom is 0.338 e. The van der Waals surface area contributed by atoms with Crippen molar-refractivity contribution < 1.29 is 9.53 Å². The van der Waals surface area contributed by atoms with Gasteiger partial charge < -0.3 is 9.64 Å². The quantitative estimate of drug-likeness (QED) is 0.711. The third-order valence-corrected chi connectivity index (χ3v) is 2.92. The molecule has 0 aromatic heterocycles. The van der Waals surface area contributed by atoms with E-state index < -0.39 is 0 Å². The second-order valence-corrected chi connectivity index (χ2v) is 4.19. The molecule has 0 spiro atoms. The van der Waals surface area contributed by atoms with Crippen LogP contribution in [0.4, 0.5) is 0 Å². The van der Waals surface area contributed by atoms with Gasteiger partial charge in [-0.2, -0.15) is 0 Å². The number of esters is 1. The summed E-state index contributed by atoms with van der Waals surface area (Å²) >= 11 is 0. The molecule has 1 aliphatic heterocycles. The number of rotatable bonds is 2. The summed E-state index contributed by atoms with van der Waals surface area (Å²) in [5, 5.41) is 0. The van der Waals surface area contributed by atoms with E-state index in [0.29, 0.717) is 12.2 Å². The number of carbonyl (C=O) groups excluding carboxylic acids is 1. The van der Waals surface area contributed by atoms with Crippen molar-refractivity contribution in [3.8, 4) is 0 Å². The summed E-state index contributed by atoms with van der Waals surface area (Å²) in [7, 11) is 2.10. The standard InChI is InChI=1S/C13H17NO2/c1-3-16-13(15)11-5-4-10-6-7-14(2)9-12(10)8-11/h4-5,8H,3,6-7,9H2,1-2H3. The molecule has 0 unspecified atom stereocenters. The molecule has 2 rings (SSSR count). The Kier molecular flexibility index (Phi) is 3.25. The molecule has 3 nitrogen and oxygen atoms in total. The van der Waals surface area contributed by atoms with Gasteiger partial charge in [0.1, 0.15) is 0 Å². The third-order valence-electron chi connectivity index (χ3n) is 2.92. The van der Waals surface area contributed by atoms with Crippen LogP contribution in [0.15, 0.2) is 18.2 Å². The molecule has 0 bridgehead atoms. The van der Waals surface area contributed by atoms with Gasteiger partial charge >= 0.3 is 5.97 Å². The third kappa shape index (κ3) is 2.25. The smallest absolute Gasteiger partial charge is 0.338 e. The van der Waals surface area contributed by atoms with Gasteiger partial charge in [-0.15, -0.1) is 0 Å². The van der Waals surface area contributed by atoms with Crippen LogP contribution in [0.5, 0.6) is 0 Å². The average molecular weight is 219 g/mol. The van der Waals surface area contributed by atoms with E-state index in [9.17, 15) is 4.79 Å². The fourth-order valence-corrected chi connectivity index (χ4v) is 2.04. The Morgan fingerprint density at radius 1 is 1.44 bits per heavy atom. The van der Waals surface area contributed by atoms with Gasteiger partial charge in [0, 0.05) is 13.1 Å². The first-order chi connectivity index (χ1) is 7.70. The Morgan fingerprint density at radius 3 is 3.00 bits per heavy atom. The largest absolute Gasteiger partial charge is 0.462 e. The van der Waals surface area contributed by atoms with Gasteiger partial charge in [0.25, 0.3) is 0 Å². The number of hydrogen-bond donors (Lipinski definition) is 0. The van der Waals surface area contributed by atoms with Gasteiger partial charge in [-0.25, -0.2) is 4.79 Å². The van der Waals surface area contributed by atoms with Crippen molar-refractivity contribution in [3.05, 3.63) is 34.9 Å². The maximum atomic E-state index is 11.6. The number of benzene rings is 1. The molecule has 1 aromatic rings. The fraction of sp³-hybridized carbons (Fsp3) is 0.462. The molecule has 1 aromatic carbocycles. The number of nitrogens with zero attached hydrogens (tertiary/aromatic N) is 1. The van der Waals surface area contributed by atoms with E-state index in [1.165, 1.54) is 11.1 Å². The second-order valence-electron chi connectivity index (χ2n) is 4.19. The summed E-state index contributed by atoms with van der Waals surface area (Å²) in [5.74, 6) is -0.224. The van der Waals surface area contributed by atoms with Crippen LogP contribution >= 0.6 is 0 Å². The van der Waals surface area contributed by atoms with Crippen molar-refractivity contribution in [2.75, 3.05) is 20.2 Å². The highest BCUT2D eigenvalue weighted by atomic mass is 16.5. The van der Waals surface area contributed by atoms with E-state index in [0.717, 1.165) is 19.5 Å². The van der Waals surface area contributed by atoms with E-state index in [2.05, 4.69) is 18.0 Å². The normalized spacial score (nSPS) is 15.6. The van der Waals surface area contributed by atoms with Crippen LogP contribution in [0, 0.1) is 0 Å². The molecule has 1 aliphatic rings. The van der Waals surface area contributed by atoms with Crippen LogP contribution < -0.4 is 0 Å². The maximum absolute atomic E-state index is 11.6. The summed E-state index contributed by atoms with van der Waals surface area (Å²) in [6.45, 7) is 4.26. The van der Waals surface area contributed by atoms with Gasteiger partial charge in [0.2, 0.25) is 0 Å². The number of likely N-dealkylation sites (N-methyl/N-ethyl adjacent to an activating group) is 1. The van der Waals surface area contributed by atoms with Gasteiger partial charge in [0.15, 0.2) is 0 Å². The van der Waals surface area contributed by atoms with E-state index in [1.54, 1.807) is 0 Å². The first-order valence-electron chi connectivity index (χ1n) is 5.68. The number of carbonyl (C=O) groups is 1. The van der Waals surface area contributed by atoms with Gasteiger partial charge in [0.05, 0.1) is 12.2 Å². The van der Waals surface area contributed by atoms with Crippen LogP contribution in [0.3, 0.4) is 0 Å². The molecule has 0 aliphatic carbocycles. The Bertz CT molecular complexity index is 401. The SMILES string of the molecule is CCOC(=O)c1ccc2c(c1)CN(C)CC2. The first-order valence-corrected chi connectivity index (χ1v) is 5.68. The zero-order valence-corrected chi connectivity index (χ0v) is 9.82. The average Bonchev–Trinajstić information content (AvgIpc) is 2.28. The highest BCUT2D eigenvalue weighted by Crippen LogP contribution is 2.19. The summed E-state index contributed by atoms with van der Waals surface area (Å²) in [4.78, 5) is 13.8. The van der Waals surface area contributed by atoms with Gasteiger partial charge in [-0.05, 0) is 43.7 Å². The molecule has 16 heavy (non-hydrogen) atoms. The zero-order chi connectivity index (χ0) is 11.5. The highest BCUT2D eigenvalue weighted by molar-refractivity contribution is 5.89. The van der Waals surface area contributed by atoms with Crippen LogP contribution in [0.1, 0.15) is 28.4 Å². The minimum Gasteiger partial charge on any atom is -0.462 e. The Labute approximate surface area is 96.0 Å². The molecule has 1 heterocycles. The van der Waals surface area contributed by atoms with E-state index >= 15 is 0 Å². The number of hydrogen-bond acceptors (Lipinski definition) is 3. The zero-order valence-electron chi connectivity index (χ0n) is 9.82. The van der Waals surface area contributed by atoms with Crippen molar-refractivity contribution in [1.82, 2.24) is 4.90 Å². The first kappa shape index (κ1) is 11.1. The van der Waals surface area contributed by atoms with Crippen molar-refractivity contribution in [2.24, 2.45) is 0 Å².